The van der Waals surface area contributed by atoms with Gasteiger partial charge in [0.15, 0.2) is 5.96 Å². The minimum absolute atomic E-state index is 0.626. The molecule has 1 aromatic heterocycles. The Bertz CT molecular complexity index is 618. The van der Waals surface area contributed by atoms with E-state index in [1.165, 1.54) is 5.56 Å². The van der Waals surface area contributed by atoms with E-state index in [0.717, 1.165) is 29.1 Å². The van der Waals surface area contributed by atoms with E-state index in [9.17, 15) is 0 Å². The standard InChI is InChI=1S/C16H22BrN5/c1-4-18-16(19-9-14-10-20-22(3)12-14)21(2)11-13-5-7-15(17)8-6-13/h5-8,10,12H,4,9,11H2,1-3H3,(H,18,19). The fourth-order valence-corrected chi connectivity index (χ4v) is 2.39. The lowest BCUT2D eigenvalue weighted by Gasteiger charge is -2.22. The maximum atomic E-state index is 4.68. The van der Waals surface area contributed by atoms with Crippen LogP contribution in [0.4, 0.5) is 0 Å². The number of halogens is 1. The highest BCUT2D eigenvalue weighted by Gasteiger charge is 2.07. The molecule has 6 heteroatoms. The number of rotatable bonds is 5. The van der Waals surface area contributed by atoms with E-state index in [4.69, 9.17) is 0 Å². The summed E-state index contributed by atoms with van der Waals surface area (Å²) in [7, 11) is 3.96. The zero-order valence-corrected chi connectivity index (χ0v) is 14.8. The number of benzene rings is 1. The Morgan fingerprint density at radius 2 is 2.05 bits per heavy atom. The van der Waals surface area contributed by atoms with Crippen molar-refractivity contribution in [3.63, 3.8) is 0 Å². The van der Waals surface area contributed by atoms with Crippen molar-refractivity contribution in [2.45, 2.75) is 20.0 Å². The lowest BCUT2D eigenvalue weighted by Crippen LogP contribution is -2.38. The minimum atomic E-state index is 0.626. The van der Waals surface area contributed by atoms with Crippen molar-refractivity contribution in [3.05, 3.63) is 52.3 Å². The summed E-state index contributed by atoms with van der Waals surface area (Å²) in [6.45, 7) is 4.36. The Kier molecular flexibility index (Phi) is 6.00. The molecule has 1 aromatic carbocycles. The SMILES string of the molecule is CCNC(=NCc1cnn(C)c1)N(C)Cc1ccc(Br)cc1. The molecule has 0 saturated carbocycles. The number of aryl methyl sites for hydroxylation is 1. The molecule has 0 amide bonds. The van der Waals surface area contributed by atoms with Crippen LogP contribution >= 0.6 is 15.9 Å². The first-order valence-electron chi connectivity index (χ1n) is 7.30. The van der Waals surface area contributed by atoms with Gasteiger partial charge in [0.2, 0.25) is 0 Å². The Balaban J connectivity index is 2.03. The molecule has 0 radical (unpaired) electrons. The van der Waals surface area contributed by atoms with Crippen LogP contribution in [0, 0.1) is 0 Å². The van der Waals surface area contributed by atoms with Crippen LogP contribution < -0.4 is 5.32 Å². The van der Waals surface area contributed by atoms with Gasteiger partial charge < -0.3 is 10.2 Å². The van der Waals surface area contributed by atoms with E-state index in [-0.39, 0.29) is 0 Å². The molecule has 0 unspecified atom stereocenters. The number of guanidine groups is 1. The van der Waals surface area contributed by atoms with Crippen molar-refractivity contribution >= 4 is 21.9 Å². The summed E-state index contributed by atoms with van der Waals surface area (Å²) in [5.74, 6) is 0.897. The van der Waals surface area contributed by atoms with E-state index in [2.05, 4.69) is 67.4 Å². The van der Waals surface area contributed by atoms with Crippen LogP contribution in [0.3, 0.4) is 0 Å². The number of aromatic nitrogens is 2. The van der Waals surface area contributed by atoms with Crippen LogP contribution in [0.1, 0.15) is 18.1 Å². The third kappa shape index (κ3) is 4.87. The molecule has 0 aliphatic carbocycles. The summed E-state index contributed by atoms with van der Waals surface area (Å²) in [4.78, 5) is 6.81. The third-order valence-corrected chi connectivity index (χ3v) is 3.73. The normalized spacial score (nSPS) is 11.5. The summed E-state index contributed by atoms with van der Waals surface area (Å²) >= 11 is 3.46. The van der Waals surface area contributed by atoms with Gasteiger partial charge in [-0.15, -0.1) is 0 Å². The zero-order valence-electron chi connectivity index (χ0n) is 13.3. The molecule has 2 rings (SSSR count). The van der Waals surface area contributed by atoms with Crippen molar-refractivity contribution in [1.29, 1.82) is 0 Å². The molecule has 2 aromatic rings. The fourth-order valence-electron chi connectivity index (χ4n) is 2.13. The molecule has 118 valence electrons. The van der Waals surface area contributed by atoms with Crippen molar-refractivity contribution in [2.24, 2.45) is 12.0 Å². The van der Waals surface area contributed by atoms with Crippen LogP contribution in [0.25, 0.3) is 0 Å². The van der Waals surface area contributed by atoms with Crippen molar-refractivity contribution < 1.29 is 0 Å². The van der Waals surface area contributed by atoms with Crippen molar-refractivity contribution in [1.82, 2.24) is 20.0 Å². The molecule has 0 saturated heterocycles. The molecule has 0 aliphatic heterocycles. The van der Waals surface area contributed by atoms with Gasteiger partial charge in [-0.3, -0.25) is 4.68 Å². The van der Waals surface area contributed by atoms with E-state index < -0.39 is 0 Å². The van der Waals surface area contributed by atoms with E-state index in [0.29, 0.717) is 6.54 Å². The highest BCUT2D eigenvalue weighted by atomic mass is 79.9. The molecule has 0 fully saturated rings. The second-order valence-corrected chi connectivity index (χ2v) is 6.09. The fraction of sp³-hybridized carbons (Fsp3) is 0.375. The van der Waals surface area contributed by atoms with Crippen LogP contribution in [0.2, 0.25) is 0 Å². The van der Waals surface area contributed by atoms with E-state index >= 15 is 0 Å². The van der Waals surface area contributed by atoms with Gasteiger partial charge in [-0.05, 0) is 24.6 Å². The zero-order chi connectivity index (χ0) is 15.9. The van der Waals surface area contributed by atoms with Gasteiger partial charge in [0.05, 0.1) is 12.7 Å². The average Bonchev–Trinajstić information content (AvgIpc) is 2.91. The average molecular weight is 364 g/mol. The molecule has 5 nitrogen and oxygen atoms in total. The predicted octanol–water partition coefficient (Wildman–Crippen LogP) is 2.78. The number of nitrogens with one attached hydrogen (secondary N) is 1. The second-order valence-electron chi connectivity index (χ2n) is 5.17. The second kappa shape index (κ2) is 7.98. The van der Waals surface area contributed by atoms with Crippen LogP contribution in [0.5, 0.6) is 0 Å². The van der Waals surface area contributed by atoms with Gasteiger partial charge in [-0.2, -0.15) is 5.10 Å². The summed E-state index contributed by atoms with van der Waals surface area (Å²) in [5.41, 5.74) is 2.35. The maximum Gasteiger partial charge on any atom is 0.194 e. The molecule has 1 heterocycles. The number of hydrogen-bond donors (Lipinski definition) is 1. The topological polar surface area (TPSA) is 45.5 Å². The predicted molar refractivity (Wildman–Crippen MR) is 93.6 cm³/mol. The monoisotopic (exact) mass is 363 g/mol. The lowest BCUT2D eigenvalue weighted by atomic mass is 10.2. The largest absolute Gasteiger partial charge is 0.357 e. The van der Waals surface area contributed by atoms with Gasteiger partial charge in [-0.25, -0.2) is 4.99 Å². The minimum Gasteiger partial charge on any atom is -0.357 e. The first kappa shape index (κ1) is 16.5. The van der Waals surface area contributed by atoms with Crippen LogP contribution in [-0.2, 0) is 20.1 Å². The van der Waals surface area contributed by atoms with Crippen molar-refractivity contribution in [2.75, 3.05) is 13.6 Å². The van der Waals surface area contributed by atoms with Crippen LogP contribution in [0.15, 0.2) is 46.1 Å². The Labute approximate surface area is 140 Å². The van der Waals surface area contributed by atoms with E-state index in [1.807, 2.05) is 26.5 Å². The molecular formula is C16H22BrN5. The molecule has 0 aliphatic rings. The van der Waals surface area contributed by atoms with Gasteiger partial charge in [0.1, 0.15) is 0 Å². The molecular weight excluding hydrogens is 342 g/mol. The number of nitrogens with zero attached hydrogens (tertiary/aromatic N) is 4. The number of aliphatic imine (C=N–C) groups is 1. The van der Waals surface area contributed by atoms with Crippen LogP contribution in [-0.4, -0.2) is 34.2 Å². The Hall–Kier alpha value is -1.82. The van der Waals surface area contributed by atoms with Gasteiger partial charge in [-0.1, -0.05) is 28.1 Å². The quantitative estimate of drug-likeness (QED) is 0.656. The van der Waals surface area contributed by atoms with E-state index in [1.54, 1.807) is 4.68 Å². The van der Waals surface area contributed by atoms with Gasteiger partial charge in [0, 0.05) is 43.4 Å². The molecule has 22 heavy (non-hydrogen) atoms. The highest BCUT2D eigenvalue weighted by Crippen LogP contribution is 2.12. The van der Waals surface area contributed by atoms with Gasteiger partial charge in [0.25, 0.3) is 0 Å². The molecule has 0 spiro atoms. The maximum absolute atomic E-state index is 4.68. The molecule has 0 atom stereocenters. The first-order chi connectivity index (χ1) is 10.6. The lowest BCUT2D eigenvalue weighted by molar-refractivity contribution is 0.477. The van der Waals surface area contributed by atoms with Gasteiger partial charge >= 0.3 is 0 Å². The molecule has 1 N–H and O–H groups in total. The molecule has 0 bridgehead atoms. The highest BCUT2D eigenvalue weighted by molar-refractivity contribution is 9.10. The summed E-state index contributed by atoms with van der Waals surface area (Å²) in [5, 5.41) is 7.50. The van der Waals surface area contributed by atoms with Crippen molar-refractivity contribution in [3.8, 4) is 0 Å². The Morgan fingerprint density at radius 3 is 2.64 bits per heavy atom. The first-order valence-corrected chi connectivity index (χ1v) is 8.09. The summed E-state index contributed by atoms with van der Waals surface area (Å²) in [6.07, 6.45) is 3.84. The Morgan fingerprint density at radius 1 is 1.32 bits per heavy atom. The smallest absolute Gasteiger partial charge is 0.194 e. The third-order valence-electron chi connectivity index (χ3n) is 3.20. The summed E-state index contributed by atoms with van der Waals surface area (Å²) < 4.78 is 2.89. The summed E-state index contributed by atoms with van der Waals surface area (Å²) in [6, 6.07) is 8.35. The number of hydrogen-bond acceptors (Lipinski definition) is 2.